The van der Waals surface area contributed by atoms with Crippen molar-refractivity contribution in [3.63, 3.8) is 0 Å². The number of benzene rings is 3. The van der Waals surface area contributed by atoms with Crippen molar-refractivity contribution in [2.45, 2.75) is 32.7 Å². The molecular weight excluding hydrogens is 649 g/mol. The van der Waals surface area contributed by atoms with Gasteiger partial charge in [0.25, 0.3) is 5.91 Å². The Labute approximate surface area is 290 Å². The average molecular weight is 690 g/mol. The normalized spacial score (nSPS) is 16.6. The number of thiocarbonyl (C=S) groups is 1. The van der Waals surface area contributed by atoms with Crippen LogP contribution >= 0.6 is 12.2 Å². The Bertz CT molecular complexity index is 1650. The Morgan fingerprint density at radius 2 is 1.35 bits per heavy atom. The second-order valence-electron chi connectivity index (χ2n) is 11.6. The first-order valence-electron chi connectivity index (χ1n) is 16.4. The van der Waals surface area contributed by atoms with Crippen molar-refractivity contribution in [2.75, 3.05) is 67.6 Å². The third kappa shape index (κ3) is 8.78. The third-order valence-electron chi connectivity index (χ3n) is 8.45. The Hall–Kier alpha value is -4.88. The summed E-state index contributed by atoms with van der Waals surface area (Å²) in [4.78, 5) is 59.2. The van der Waals surface area contributed by atoms with E-state index in [-0.39, 0.29) is 42.4 Å². The Morgan fingerprint density at radius 3 is 1.92 bits per heavy atom. The molecule has 2 aliphatic rings. The Morgan fingerprint density at radius 1 is 0.796 bits per heavy atom. The van der Waals surface area contributed by atoms with E-state index >= 15 is 0 Å². The van der Waals surface area contributed by atoms with Crippen molar-refractivity contribution in [3.8, 4) is 0 Å². The largest absolute Gasteiger partial charge is 0.462 e. The van der Waals surface area contributed by atoms with Crippen LogP contribution in [0, 0.1) is 5.82 Å². The van der Waals surface area contributed by atoms with Crippen molar-refractivity contribution in [2.24, 2.45) is 0 Å². The number of amides is 2. The number of carbonyl (C=O) groups excluding carboxylic acids is 4. The van der Waals surface area contributed by atoms with Crippen LogP contribution in [-0.2, 0) is 19.1 Å². The van der Waals surface area contributed by atoms with Gasteiger partial charge in [-0.1, -0.05) is 0 Å². The number of halogens is 1. The predicted octanol–water partition coefficient (Wildman–Crippen LogP) is 4.72. The van der Waals surface area contributed by atoms with Gasteiger partial charge in [0.05, 0.1) is 36.4 Å². The average Bonchev–Trinajstić information content (AvgIpc) is 3.33. The highest BCUT2D eigenvalue weighted by atomic mass is 32.1. The van der Waals surface area contributed by atoms with Gasteiger partial charge in [0, 0.05) is 44.1 Å². The first-order chi connectivity index (χ1) is 23.7. The summed E-state index contributed by atoms with van der Waals surface area (Å²) in [5, 5.41) is 3.10. The number of rotatable bonds is 13. The van der Waals surface area contributed by atoms with Crippen molar-refractivity contribution in [1.29, 1.82) is 0 Å². The highest BCUT2D eigenvalue weighted by Gasteiger charge is 2.44. The molecule has 2 amide bonds. The van der Waals surface area contributed by atoms with Crippen molar-refractivity contribution in [1.82, 2.24) is 9.80 Å². The van der Waals surface area contributed by atoms with Gasteiger partial charge in [-0.2, -0.15) is 0 Å². The number of carbonyl (C=O) groups is 4. The Balaban J connectivity index is 1.24. The first-order valence-corrected chi connectivity index (χ1v) is 16.8. The summed E-state index contributed by atoms with van der Waals surface area (Å²) in [6.45, 7) is 8.46. The zero-order valence-corrected chi connectivity index (χ0v) is 28.4. The van der Waals surface area contributed by atoms with Crippen molar-refractivity contribution < 1.29 is 33.0 Å². The fraction of sp³-hybridized carbons (Fsp3) is 0.361. The van der Waals surface area contributed by atoms with E-state index in [9.17, 15) is 23.6 Å². The van der Waals surface area contributed by atoms with Crippen LogP contribution in [0.2, 0.25) is 0 Å². The smallest absolute Gasteiger partial charge is 0.338 e. The van der Waals surface area contributed by atoms with E-state index in [4.69, 9.17) is 21.7 Å². The van der Waals surface area contributed by atoms with Crippen LogP contribution in [0.3, 0.4) is 0 Å². The molecule has 0 aromatic heterocycles. The molecule has 2 fully saturated rings. The molecule has 2 heterocycles. The Kier molecular flexibility index (Phi) is 11.9. The van der Waals surface area contributed by atoms with Gasteiger partial charge >= 0.3 is 11.9 Å². The number of anilines is 3. The minimum Gasteiger partial charge on any atom is -0.462 e. The summed E-state index contributed by atoms with van der Waals surface area (Å²) >= 11 is 5.83. The summed E-state index contributed by atoms with van der Waals surface area (Å²) in [5.41, 5.74) is 2.67. The first kappa shape index (κ1) is 35.4. The van der Waals surface area contributed by atoms with Crippen molar-refractivity contribution in [3.05, 3.63) is 89.7 Å². The van der Waals surface area contributed by atoms with Gasteiger partial charge in [-0.3, -0.25) is 19.4 Å². The van der Waals surface area contributed by atoms with Crippen LogP contribution in [0.5, 0.6) is 0 Å². The topological polar surface area (TPSA) is 112 Å². The highest BCUT2D eigenvalue weighted by Crippen LogP contribution is 2.28. The fourth-order valence-corrected chi connectivity index (χ4v) is 6.34. The van der Waals surface area contributed by atoms with E-state index in [0.29, 0.717) is 35.5 Å². The highest BCUT2D eigenvalue weighted by molar-refractivity contribution is 7.80. The molecule has 11 nitrogen and oxygen atoms in total. The van der Waals surface area contributed by atoms with Crippen LogP contribution in [0.15, 0.2) is 72.8 Å². The van der Waals surface area contributed by atoms with E-state index in [1.807, 2.05) is 0 Å². The number of hydrogen-bond donors (Lipinski definition) is 1. The molecule has 49 heavy (non-hydrogen) atoms. The molecule has 258 valence electrons. The summed E-state index contributed by atoms with van der Waals surface area (Å²) in [6, 6.07) is 18.5. The van der Waals surface area contributed by atoms with Gasteiger partial charge in [-0.05, 0) is 112 Å². The van der Waals surface area contributed by atoms with E-state index in [1.54, 1.807) is 79.4 Å². The van der Waals surface area contributed by atoms with Gasteiger partial charge in [0.1, 0.15) is 11.9 Å². The SMILES string of the molecule is CCOC(=O)c1ccc(NC(=O)CC2C(=O)N(c3ccc(C(=O)OCC)cc3)C(=S)N2CCCN2CCN(c3ccc(F)cc3)CC2)cc1. The molecule has 1 atom stereocenters. The lowest BCUT2D eigenvalue weighted by molar-refractivity contribution is -0.124. The van der Waals surface area contributed by atoms with E-state index in [0.717, 1.165) is 38.4 Å². The molecule has 1 unspecified atom stereocenters. The molecule has 2 aliphatic heterocycles. The number of piperazine rings is 1. The molecule has 3 aromatic rings. The monoisotopic (exact) mass is 689 g/mol. The number of nitrogens with one attached hydrogen (secondary N) is 1. The van der Waals surface area contributed by atoms with Crippen LogP contribution in [0.25, 0.3) is 0 Å². The van der Waals surface area contributed by atoms with Crippen LogP contribution in [0.1, 0.15) is 47.4 Å². The zero-order chi connectivity index (χ0) is 34.9. The van der Waals surface area contributed by atoms with E-state index in [1.165, 1.54) is 17.0 Å². The summed E-state index contributed by atoms with van der Waals surface area (Å²) < 4.78 is 23.5. The lowest BCUT2D eigenvalue weighted by Crippen LogP contribution is -2.47. The van der Waals surface area contributed by atoms with Crippen LogP contribution in [0.4, 0.5) is 21.5 Å². The molecule has 3 aromatic carbocycles. The lowest BCUT2D eigenvalue weighted by Gasteiger charge is -2.36. The molecule has 0 radical (unpaired) electrons. The molecule has 2 saturated heterocycles. The number of hydrogen-bond acceptors (Lipinski definition) is 9. The zero-order valence-electron chi connectivity index (χ0n) is 27.6. The van der Waals surface area contributed by atoms with Crippen molar-refractivity contribution >= 4 is 58.1 Å². The quantitative estimate of drug-likeness (QED) is 0.200. The second-order valence-corrected chi connectivity index (χ2v) is 12.0. The molecule has 0 bridgehead atoms. The molecule has 0 saturated carbocycles. The van der Waals surface area contributed by atoms with Gasteiger partial charge in [0.15, 0.2) is 5.11 Å². The maximum atomic E-state index is 13.9. The molecule has 5 rings (SSSR count). The van der Waals surface area contributed by atoms with Gasteiger partial charge in [-0.15, -0.1) is 0 Å². The molecule has 1 N–H and O–H groups in total. The number of ether oxygens (including phenoxy) is 2. The molecule has 0 spiro atoms. The minimum atomic E-state index is -0.841. The second kappa shape index (κ2) is 16.5. The summed E-state index contributed by atoms with van der Waals surface area (Å²) in [7, 11) is 0. The van der Waals surface area contributed by atoms with Crippen LogP contribution in [-0.4, -0.2) is 97.2 Å². The summed E-state index contributed by atoms with van der Waals surface area (Å²) in [6.07, 6.45) is 0.555. The number of esters is 2. The minimum absolute atomic E-state index is 0.146. The van der Waals surface area contributed by atoms with Gasteiger partial charge < -0.3 is 24.6 Å². The third-order valence-corrected chi connectivity index (χ3v) is 8.87. The molecule has 13 heteroatoms. The number of nitrogens with zero attached hydrogens (tertiary/aromatic N) is 4. The maximum Gasteiger partial charge on any atom is 0.338 e. The standard InChI is InChI=1S/C36H40FN5O6S/c1-3-47-34(45)25-6-12-28(13-7-25)38-32(43)24-31-33(44)42(30-14-8-26(9-15-30)35(46)48-4-2)36(49)41(31)19-5-18-39-20-22-40(23-21-39)29-16-10-27(37)11-17-29/h6-17,31H,3-5,18-24H2,1-2H3,(H,38,43). The lowest BCUT2D eigenvalue weighted by atomic mass is 10.1. The molecular formula is C36H40FN5O6S. The van der Waals surface area contributed by atoms with Crippen LogP contribution < -0.4 is 15.1 Å². The molecule has 0 aliphatic carbocycles. The van der Waals surface area contributed by atoms with E-state index in [2.05, 4.69) is 15.1 Å². The van der Waals surface area contributed by atoms with Gasteiger partial charge in [-0.25, -0.2) is 14.0 Å². The maximum absolute atomic E-state index is 13.9. The fourth-order valence-electron chi connectivity index (χ4n) is 5.92. The van der Waals surface area contributed by atoms with E-state index < -0.39 is 18.0 Å². The van der Waals surface area contributed by atoms with Gasteiger partial charge in [0.2, 0.25) is 5.91 Å². The summed E-state index contributed by atoms with van der Waals surface area (Å²) in [5.74, 6) is -1.89. The predicted molar refractivity (Wildman–Crippen MR) is 188 cm³/mol.